The van der Waals surface area contributed by atoms with E-state index in [9.17, 15) is 14.0 Å². The van der Waals surface area contributed by atoms with Gasteiger partial charge in [-0.1, -0.05) is 26.0 Å². The van der Waals surface area contributed by atoms with E-state index in [1.165, 1.54) is 12.3 Å². The maximum Gasteiger partial charge on any atom is 0.278 e. The summed E-state index contributed by atoms with van der Waals surface area (Å²) in [6, 6.07) is 4.33. The molecule has 0 aliphatic carbocycles. The number of hydrogen-bond donors (Lipinski definition) is 1. The highest BCUT2D eigenvalue weighted by Gasteiger charge is 2.19. The molecule has 0 aliphatic rings. The van der Waals surface area contributed by atoms with E-state index in [1.54, 1.807) is 37.7 Å². The van der Waals surface area contributed by atoms with Gasteiger partial charge in [0.2, 0.25) is 5.91 Å². The third kappa shape index (κ3) is 3.67. The average Bonchev–Trinajstić information content (AvgIpc) is 2.95. The van der Waals surface area contributed by atoms with Crippen LogP contribution in [-0.4, -0.2) is 25.5 Å². The number of amides is 1. The third-order valence-electron chi connectivity index (χ3n) is 4.73. The maximum absolute atomic E-state index is 14.1. The number of rotatable bonds is 5. The molecule has 1 amide bonds. The normalized spacial score (nSPS) is 12.5. The summed E-state index contributed by atoms with van der Waals surface area (Å²) >= 11 is 0. The molecule has 1 N–H and O–H groups in total. The van der Waals surface area contributed by atoms with E-state index >= 15 is 0 Å². The Bertz CT molecular complexity index is 1100. The number of fused-ring (bicyclic) bond motifs is 1. The van der Waals surface area contributed by atoms with Crippen LogP contribution in [0.4, 0.5) is 4.39 Å². The zero-order valence-corrected chi connectivity index (χ0v) is 16.7. The molecule has 2 aromatic heterocycles. The van der Waals surface area contributed by atoms with Gasteiger partial charge < -0.3 is 5.32 Å². The number of nitrogens with zero attached hydrogens (tertiary/aromatic N) is 4. The first-order valence-electron chi connectivity index (χ1n) is 9.17. The lowest BCUT2D eigenvalue weighted by molar-refractivity contribution is -0.122. The molecular weight excluding hydrogens is 361 g/mol. The largest absolute Gasteiger partial charge is 0.348 e. The van der Waals surface area contributed by atoms with Crippen LogP contribution in [0.15, 0.2) is 29.2 Å². The number of benzene rings is 1. The zero-order chi connectivity index (χ0) is 20.6. The number of nitrogens with one attached hydrogen (secondary N) is 1. The van der Waals surface area contributed by atoms with E-state index in [0.717, 1.165) is 10.2 Å². The van der Waals surface area contributed by atoms with Gasteiger partial charge >= 0.3 is 0 Å². The molecule has 0 saturated carbocycles. The van der Waals surface area contributed by atoms with Crippen LogP contribution in [0.5, 0.6) is 0 Å². The van der Waals surface area contributed by atoms with Gasteiger partial charge in [-0.15, -0.1) is 0 Å². The molecule has 0 radical (unpaired) electrons. The number of hydrogen-bond acceptors (Lipinski definition) is 4. The summed E-state index contributed by atoms with van der Waals surface area (Å²) in [6.45, 7) is 7.16. The zero-order valence-electron chi connectivity index (χ0n) is 16.7. The average molecular weight is 385 g/mol. The summed E-state index contributed by atoms with van der Waals surface area (Å²) in [5.41, 5.74) is 2.14. The Kier molecular flexibility index (Phi) is 5.31. The van der Waals surface area contributed by atoms with Crippen molar-refractivity contribution in [3.63, 3.8) is 0 Å². The minimum atomic E-state index is -0.530. The van der Waals surface area contributed by atoms with Crippen LogP contribution < -0.4 is 10.9 Å². The molecule has 0 fully saturated rings. The number of aromatic nitrogens is 4. The molecule has 28 heavy (non-hydrogen) atoms. The van der Waals surface area contributed by atoms with Gasteiger partial charge in [0.15, 0.2) is 0 Å². The highest BCUT2D eigenvalue weighted by molar-refractivity contribution is 5.81. The van der Waals surface area contributed by atoms with Crippen molar-refractivity contribution < 1.29 is 9.18 Å². The molecule has 0 bridgehead atoms. The minimum Gasteiger partial charge on any atom is -0.348 e. The number of carbonyl (C=O) groups excluding carboxylic acids is 1. The van der Waals surface area contributed by atoms with Gasteiger partial charge in [0.05, 0.1) is 28.8 Å². The first-order valence-corrected chi connectivity index (χ1v) is 9.17. The number of halogens is 1. The summed E-state index contributed by atoms with van der Waals surface area (Å²) in [4.78, 5) is 25.3. The van der Waals surface area contributed by atoms with E-state index in [4.69, 9.17) is 0 Å². The van der Waals surface area contributed by atoms with E-state index in [0.29, 0.717) is 22.2 Å². The molecule has 0 unspecified atom stereocenters. The van der Waals surface area contributed by atoms with Crippen molar-refractivity contribution >= 4 is 16.8 Å². The molecule has 1 aromatic carbocycles. The number of carbonyl (C=O) groups is 1. The van der Waals surface area contributed by atoms with Gasteiger partial charge in [-0.2, -0.15) is 10.2 Å². The van der Waals surface area contributed by atoms with Crippen molar-refractivity contribution in [1.82, 2.24) is 24.9 Å². The first-order chi connectivity index (χ1) is 13.2. The molecular formula is C20H24FN5O2. The van der Waals surface area contributed by atoms with Crippen LogP contribution >= 0.6 is 0 Å². The van der Waals surface area contributed by atoms with E-state index in [-0.39, 0.29) is 23.8 Å². The van der Waals surface area contributed by atoms with Crippen molar-refractivity contribution in [2.24, 2.45) is 7.05 Å². The van der Waals surface area contributed by atoms with Gasteiger partial charge in [0, 0.05) is 12.6 Å². The second-order valence-corrected chi connectivity index (χ2v) is 7.35. The topological polar surface area (TPSA) is 81.8 Å². The smallest absolute Gasteiger partial charge is 0.278 e. The molecule has 0 spiro atoms. The van der Waals surface area contributed by atoms with Gasteiger partial charge in [-0.25, -0.2) is 9.07 Å². The van der Waals surface area contributed by atoms with Gasteiger partial charge in [0.25, 0.3) is 5.56 Å². The van der Waals surface area contributed by atoms with Crippen molar-refractivity contribution in [2.75, 3.05) is 0 Å². The molecule has 0 aliphatic heterocycles. The summed E-state index contributed by atoms with van der Waals surface area (Å²) in [6.07, 6.45) is 1.53. The highest BCUT2D eigenvalue weighted by Crippen LogP contribution is 2.21. The van der Waals surface area contributed by atoms with Crippen molar-refractivity contribution in [1.29, 1.82) is 0 Å². The van der Waals surface area contributed by atoms with Gasteiger partial charge in [0.1, 0.15) is 12.4 Å². The predicted molar refractivity (Wildman–Crippen MR) is 105 cm³/mol. The lowest BCUT2D eigenvalue weighted by atomic mass is 10.1. The van der Waals surface area contributed by atoms with Crippen molar-refractivity contribution in [3.05, 3.63) is 57.4 Å². The Balaban J connectivity index is 1.84. The van der Waals surface area contributed by atoms with Crippen LogP contribution in [0, 0.1) is 12.7 Å². The molecule has 1 atom stereocenters. The molecule has 148 valence electrons. The van der Waals surface area contributed by atoms with E-state index in [2.05, 4.69) is 15.5 Å². The fourth-order valence-electron chi connectivity index (χ4n) is 3.23. The minimum absolute atomic E-state index is 0.0608. The molecule has 0 saturated heterocycles. The van der Waals surface area contributed by atoms with E-state index in [1.807, 2.05) is 13.8 Å². The molecule has 8 heteroatoms. The third-order valence-corrected chi connectivity index (χ3v) is 4.73. The number of aryl methyl sites for hydroxylation is 2. The van der Waals surface area contributed by atoms with Crippen LogP contribution in [0.3, 0.4) is 0 Å². The SMILES string of the molecule is Cc1ccc([C@H](C)NC(=O)Cn2ncc3c(c(C(C)C)nn3C)c2=O)c(F)c1. The predicted octanol–water partition coefficient (Wildman–Crippen LogP) is 2.58. The highest BCUT2D eigenvalue weighted by atomic mass is 19.1. The van der Waals surface area contributed by atoms with Crippen LogP contribution in [0.1, 0.15) is 49.6 Å². The second kappa shape index (κ2) is 7.53. The molecule has 3 aromatic rings. The second-order valence-electron chi connectivity index (χ2n) is 7.35. The van der Waals surface area contributed by atoms with Crippen LogP contribution in [-0.2, 0) is 18.4 Å². The Labute approximate surface area is 162 Å². The summed E-state index contributed by atoms with van der Waals surface area (Å²) in [7, 11) is 1.75. The maximum atomic E-state index is 14.1. The summed E-state index contributed by atoms with van der Waals surface area (Å²) < 4.78 is 16.8. The first kappa shape index (κ1) is 19.7. The van der Waals surface area contributed by atoms with Crippen molar-refractivity contribution in [3.8, 4) is 0 Å². The Morgan fingerprint density at radius 2 is 2.00 bits per heavy atom. The van der Waals surface area contributed by atoms with Crippen LogP contribution in [0.2, 0.25) is 0 Å². The Hall–Kier alpha value is -3.03. The fourth-order valence-corrected chi connectivity index (χ4v) is 3.23. The standard InChI is InChI=1S/C20H24FN5O2/c1-11(2)19-18-16(25(5)24-19)9-22-26(20(18)28)10-17(27)23-13(4)14-7-6-12(3)8-15(14)21/h6-9,11,13H,10H2,1-5H3,(H,23,27)/t13-/m0/s1. The van der Waals surface area contributed by atoms with E-state index < -0.39 is 11.9 Å². The Morgan fingerprint density at radius 1 is 1.29 bits per heavy atom. The fraction of sp³-hybridized carbons (Fsp3) is 0.400. The molecule has 7 nitrogen and oxygen atoms in total. The molecule has 2 heterocycles. The monoisotopic (exact) mass is 385 g/mol. The Morgan fingerprint density at radius 3 is 2.64 bits per heavy atom. The molecule has 3 rings (SSSR count). The summed E-state index contributed by atoms with van der Waals surface area (Å²) in [5, 5.41) is 11.7. The van der Waals surface area contributed by atoms with Crippen molar-refractivity contribution in [2.45, 2.75) is 46.2 Å². The summed E-state index contributed by atoms with van der Waals surface area (Å²) in [5.74, 6) is -0.733. The lowest BCUT2D eigenvalue weighted by Gasteiger charge is -2.16. The van der Waals surface area contributed by atoms with Gasteiger partial charge in [-0.3, -0.25) is 14.3 Å². The van der Waals surface area contributed by atoms with Crippen LogP contribution in [0.25, 0.3) is 10.9 Å². The van der Waals surface area contributed by atoms with Gasteiger partial charge in [-0.05, 0) is 31.4 Å². The lowest BCUT2D eigenvalue weighted by Crippen LogP contribution is -2.35. The quantitative estimate of drug-likeness (QED) is 0.732.